The van der Waals surface area contributed by atoms with E-state index >= 15 is 0 Å². The molecule has 2 aliphatic rings. The molecule has 0 spiro atoms. The van der Waals surface area contributed by atoms with Crippen LogP contribution in [0.4, 0.5) is 4.79 Å². The number of amides is 3. The van der Waals surface area contributed by atoms with Crippen LogP contribution in [-0.4, -0.2) is 53.6 Å². The van der Waals surface area contributed by atoms with Crippen molar-refractivity contribution in [3.63, 3.8) is 0 Å². The highest BCUT2D eigenvalue weighted by Crippen LogP contribution is 2.41. The van der Waals surface area contributed by atoms with Crippen molar-refractivity contribution >= 4 is 17.9 Å². The van der Waals surface area contributed by atoms with Gasteiger partial charge in [0.05, 0.1) is 11.8 Å². The largest absolute Gasteiger partial charge is 0.465 e. The standard InChI is InChI=1S/C24H27N3O4/c28-22(25-12-11-16-7-3-1-4-8-16)19-14-27(24(30)31)15-20(19)23(29)26-21-13-18(21)17-9-5-2-6-10-17/h1-10,18-21H,11-15H2,(H,25,28)(H,26,29)(H,30,31). The van der Waals surface area contributed by atoms with Gasteiger partial charge in [-0.25, -0.2) is 4.79 Å². The van der Waals surface area contributed by atoms with Gasteiger partial charge in [-0.2, -0.15) is 0 Å². The number of carboxylic acid groups (broad SMARTS) is 1. The summed E-state index contributed by atoms with van der Waals surface area (Å²) >= 11 is 0. The first kappa shape index (κ1) is 20.9. The van der Waals surface area contributed by atoms with Crippen LogP contribution in [0.1, 0.15) is 23.5 Å². The van der Waals surface area contributed by atoms with E-state index in [0.717, 1.165) is 16.9 Å². The van der Waals surface area contributed by atoms with Crippen LogP contribution >= 0.6 is 0 Å². The molecular formula is C24H27N3O4. The Balaban J connectivity index is 1.34. The maximum Gasteiger partial charge on any atom is 0.407 e. The molecule has 7 heteroatoms. The van der Waals surface area contributed by atoms with Crippen LogP contribution in [0.3, 0.4) is 0 Å². The highest BCUT2D eigenvalue weighted by Gasteiger charge is 2.46. The molecule has 2 aromatic carbocycles. The molecular weight excluding hydrogens is 394 g/mol. The first-order valence-electron chi connectivity index (χ1n) is 10.7. The second-order valence-electron chi connectivity index (χ2n) is 8.30. The molecule has 1 heterocycles. The molecule has 0 bridgehead atoms. The van der Waals surface area contributed by atoms with E-state index in [4.69, 9.17) is 0 Å². The zero-order valence-electron chi connectivity index (χ0n) is 17.2. The van der Waals surface area contributed by atoms with E-state index in [9.17, 15) is 19.5 Å². The zero-order valence-corrected chi connectivity index (χ0v) is 17.2. The summed E-state index contributed by atoms with van der Waals surface area (Å²) in [7, 11) is 0. The molecule has 162 valence electrons. The van der Waals surface area contributed by atoms with Crippen molar-refractivity contribution in [3.05, 3.63) is 71.8 Å². The lowest BCUT2D eigenvalue weighted by Crippen LogP contribution is -2.42. The molecule has 2 aromatic rings. The van der Waals surface area contributed by atoms with Crippen molar-refractivity contribution in [3.8, 4) is 0 Å². The molecule has 1 saturated carbocycles. The Morgan fingerprint density at radius 1 is 0.903 bits per heavy atom. The number of hydrogen-bond donors (Lipinski definition) is 3. The summed E-state index contributed by atoms with van der Waals surface area (Å²) in [4.78, 5) is 38.4. The van der Waals surface area contributed by atoms with Crippen molar-refractivity contribution in [2.24, 2.45) is 11.8 Å². The van der Waals surface area contributed by atoms with Gasteiger partial charge in [-0.3, -0.25) is 9.59 Å². The fraction of sp³-hybridized carbons (Fsp3) is 0.375. The van der Waals surface area contributed by atoms with Crippen LogP contribution in [0.25, 0.3) is 0 Å². The Hall–Kier alpha value is -3.35. The number of carbonyl (C=O) groups excluding carboxylic acids is 2. The second-order valence-corrected chi connectivity index (χ2v) is 8.30. The highest BCUT2D eigenvalue weighted by molar-refractivity contribution is 5.90. The summed E-state index contributed by atoms with van der Waals surface area (Å²) in [5.74, 6) is -1.59. The number of nitrogens with zero attached hydrogens (tertiary/aromatic N) is 1. The fourth-order valence-corrected chi connectivity index (χ4v) is 4.31. The predicted molar refractivity (Wildman–Crippen MR) is 115 cm³/mol. The van der Waals surface area contributed by atoms with Gasteiger partial charge < -0.3 is 20.6 Å². The van der Waals surface area contributed by atoms with Crippen molar-refractivity contribution in [2.75, 3.05) is 19.6 Å². The maximum absolute atomic E-state index is 12.9. The SMILES string of the molecule is O=C(NCCc1ccccc1)C1CN(C(=O)O)CC1C(=O)NC1CC1c1ccccc1. The summed E-state index contributed by atoms with van der Waals surface area (Å²) in [6.07, 6.45) is 0.435. The van der Waals surface area contributed by atoms with Gasteiger partial charge in [-0.05, 0) is 24.0 Å². The van der Waals surface area contributed by atoms with Crippen LogP contribution < -0.4 is 10.6 Å². The van der Waals surface area contributed by atoms with Gasteiger partial charge in [0.1, 0.15) is 0 Å². The third kappa shape index (κ3) is 5.05. The molecule has 1 saturated heterocycles. The molecule has 1 aliphatic carbocycles. The van der Waals surface area contributed by atoms with Crippen molar-refractivity contribution in [1.29, 1.82) is 0 Å². The van der Waals surface area contributed by atoms with Crippen molar-refractivity contribution < 1.29 is 19.5 Å². The number of carbonyl (C=O) groups is 3. The quantitative estimate of drug-likeness (QED) is 0.639. The summed E-state index contributed by atoms with van der Waals surface area (Å²) < 4.78 is 0. The first-order valence-corrected chi connectivity index (χ1v) is 10.7. The molecule has 4 rings (SSSR count). The van der Waals surface area contributed by atoms with Gasteiger partial charge in [0.25, 0.3) is 0 Å². The number of hydrogen-bond acceptors (Lipinski definition) is 3. The van der Waals surface area contributed by atoms with Crippen molar-refractivity contribution in [2.45, 2.75) is 24.8 Å². The number of likely N-dealkylation sites (tertiary alicyclic amines) is 1. The summed E-state index contributed by atoms with van der Waals surface area (Å²) in [6, 6.07) is 19.8. The molecule has 0 radical (unpaired) electrons. The zero-order chi connectivity index (χ0) is 21.8. The predicted octanol–water partition coefficient (Wildman–Crippen LogP) is 2.24. The molecule has 2 fully saturated rings. The molecule has 4 unspecified atom stereocenters. The average Bonchev–Trinajstić information content (AvgIpc) is 3.39. The average molecular weight is 421 g/mol. The van der Waals surface area contributed by atoms with Gasteiger partial charge >= 0.3 is 6.09 Å². The van der Waals surface area contributed by atoms with E-state index in [1.807, 2.05) is 60.7 Å². The van der Waals surface area contributed by atoms with Gasteiger partial charge in [0.15, 0.2) is 0 Å². The molecule has 31 heavy (non-hydrogen) atoms. The smallest absolute Gasteiger partial charge is 0.407 e. The Bertz CT molecular complexity index is 934. The van der Waals surface area contributed by atoms with Crippen LogP contribution in [0.15, 0.2) is 60.7 Å². The van der Waals surface area contributed by atoms with Crippen LogP contribution in [-0.2, 0) is 16.0 Å². The van der Waals surface area contributed by atoms with Crippen molar-refractivity contribution in [1.82, 2.24) is 15.5 Å². The Kier molecular flexibility index (Phi) is 6.21. The van der Waals surface area contributed by atoms with E-state index in [2.05, 4.69) is 10.6 Å². The summed E-state index contributed by atoms with van der Waals surface area (Å²) in [6.45, 7) is 0.525. The minimum Gasteiger partial charge on any atom is -0.465 e. The number of benzene rings is 2. The fourth-order valence-electron chi connectivity index (χ4n) is 4.31. The van der Waals surface area contributed by atoms with E-state index in [1.165, 1.54) is 5.56 Å². The Labute approximate surface area is 181 Å². The minimum atomic E-state index is -1.11. The molecule has 3 amide bonds. The summed E-state index contributed by atoms with van der Waals surface area (Å²) in [5.41, 5.74) is 2.29. The third-order valence-corrected chi connectivity index (χ3v) is 6.17. The number of nitrogens with one attached hydrogen (secondary N) is 2. The lowest BCUT2D eigenvalue weighted by Gasteiger charge is -2.17. The van der Waals surface area contributed by atoms with Crippen LogP contribution in [0, 0.1) is 11.8 Å². The van der Waals surface area contributed by atoms with Gasteiger partial charge in [-0.1, -0.05) is 60.7 Å². The molecule has 1 aliphatic heterocycles. The Morgan fingerprint density at radius 2 is 1.52 bits per heavy atom. The third-order valence-electron chi connectivity index (χ3n) is 6.17. The number of rotatable bonds is 7. The lowest BCUT2D eigenvalue weighted by molar-refractivity contribution is -0.133. The second kappa shape index (κ2) is 9.20. The van der Waals surface area contributed by atoms with Gasteiger partial charge in [0, 0.05) is 31.6 Å². The van der Waals surface area contributed by atoms with E-state index in [0.29, 0.717) is 13.0 Å². The normalized spacial score (nSPS) is 24.5. The van der Waals surface area contributed by atoms with E-state index < -0.39 is 17.9 Å². The molecule has 4 atom stereocenters. The van der Waals surface area contributed by atoms with Crippen LogP contribution in [0.2, 0.25) is 0 Å². The maximum atomic E-state index is 12.9. The topological polar surface area (TPSA) is 98.7 Å². The molecule has 3 N–H and O–H groups in total. The van der Waals surface area contributed by atoms with Gasteiger partial charge in [0.2, 0.25) is 11.8 Å². The Morgan fingerprint density at radius 3 is 2.16 bits per heavy atom. The van der Waals surface area contributed by atoms with Gasteiger partial charge in [-0.15, -0.1) is 0 Å². The highest BCUT2D eigenvalue weighted by atomic mass is 16.4. The molecule has 7 nitrogen and oxygen atoms in total. The van der Waals surface area contributed by atoms with Crippen LogP contribution in [0.5, 0.6) is 0 Å². The van der Waals surface area contributed by atoms with E-state index in [-0.39, 0.29) is 36.9 Å². The lowest BCUT2D eigenvalue weighted by atomic mass is 9.94. The first-order chi connectivity index (χ1) is 15.0. The molecule has 0 aromatic heterocycles. The van der Waals surface area contributed by atoms with E-state index in [1.54, 1.807) is 0 Å². The summed E-state index contributed by atoms with van der Waals surface area (Å²) in [5, 5.41) is 15.3. The minimum absolute atomic E-state index is 0.0376. The monoisotopic (exact) mass is 421 g/mol.